The Morgan fingerprint density at radius 2 is 1.46 bits per heavy atom. The largest absolute Gasteiger partial charge is 0.321 e. The lowest BCUT2D eigenvalue weighted by atomic mass is 10.1. The maximum atomic E-state index is 12.9. The number of amides is 1. The van der Waals surface area contributed by atoms with Gasteiger partial charge in [0.2, 0.25) is 0 Å². The fourth-order valence-electron chi connectivity index (χ4n) is 4.49. The molecule has 0 bridgehead atoms. The molecular formula is C35H25N3O2S. The summed E-state index contributed by atoms with van der Waals surface area (Å²) in [5.41, 5.74) is 6.91. The van der Waals surface area contributed by atoms with Gasteiger partial charge in [0.05, 0.1) is 22.0 Å². The molecule has 0 fully saturated rings. The van der Waals surface area contributed by atoms with Crippen molar-refractivity contribution in [3.8, 4) is 28.2 Å². The Balaban J connectivity index is 1.21. The summed E-state index contributed by atoms with van der Waals surface area (Å²) < 4.78 is 1.95. The van der Waals surface area contributed by atoms with Crippen LogP contribution in [0, 0.1) is 0 Å². The summed E-state index contributed by atoms with van der Waals surface area (Å²) in [5, 5.41) is 9.63. The Morgan fingerprint density at radius 3 is 2.17 bits per heavy atom. The van der Waals surface area contributed by atoms with Gasteiger partial charge in [-0.15, -0.1) is 11.3 Å². The summed E-state index contributed by atoms with van der Waals surface area (Å²) >= 11 is 1.37. The molecule has 2 heterocycles. The van der Waals surface area contributed by atoms with Crippen LogP contribution in [0.3, 0.4) is 0 Å². The van der Waals surface area contributed by atoms with Gasteiger partial charge in [-0.05, 0) is 53.4 Å². The molecule has 0 atom stereocenters. The van der Waals surface area contributed by atoms with Crippen LogP contribution in [0.4, 0.5) is 5.69 Å². The van der Waals surface area contributed by atoms with Gasteiger partial charge in [-0.1, -0.05) is 97.1 Å². The van der Waals surface area contributed by atoms with E-state index in [4.69, 9.17) is 5.10 Å². The zero-order valence-corrected chi connectivity index (χ0v) is 22.8. The maximum Gasteiger partial charge on any atom is 0.265 e. The standard InChI is InChI=1S/C35H25N3O2S/c39-33(28-13-7-14-29(23-28)36-35(40)34-15-8-22-41-34)21-18-25-16-19-30(20-17-25)38-32(27-11-5-2-6-12-27)24-31(37-38)26-9-3-1-4-10-26/h1-24H,(H,36,40)/b21-18+. The Hall–Kier alpha value is -5.33. The van der Waals surface area contributed by atoms with E-state index in [1.807, 2.05) is 76.8 Å². The van der Waals surface area contributed by atoms with Crippen LogP contribution in [-0.4, -0.2) is 21.5 Å². The second-order valence-corrected chi connectivity index (χ2v) is 10.3. The SMILES string of the molecule is O=C(/C=C/c1ccc(-n2nc(-c3ccccc3)cc2-c2ccccc2)cc1)c1cccc(NC(=O)c2cccs2)c1. The smallest absolute Gasteiger partial charge is 0.265 e. The molecule has 1 N–H and O–H groups in total. The summed E-state index contributed by atoms with van der Waals surface area (Å²) in [5.74, 6) is -0.337. The van der Waals surface area contributed by atoms with Gasteiger partial charge in [-0.25, -0.2) is 4.68 Å². The highest BCUT2D eigenvalue weighted by atomic mass is 32.1. The lowest BCUT2D eigenvalue weighted by Crippen LogP contribution is -2.10. The number of aromatic nitrogens is 2. The Kier molecular flexibility index (Phi) is 7.47. The maximum absolute atomic E-state index is 12.9. The number of allylic oxidation sites excluding steroid dienone is 1. The summed E-state index contributed by atoms with van der Waals surface area (Å²) in [6.45, 7) is 0. The van der Waals surface area contributed by atoms with E-state index in [2.05, 4.69) is 35.6 Å². The van der Waals surface area contributed by atoms with Gasteiger partial charge in [-0.3, -0.25) is 9.59 Å². The number of carbonyl (C=O) groups excluding carboxylic acids is 2. The van der Waals surface area contributed by atoms with Gasteiger partial charge >= 0.3 is 0 Å². The first-order valence-corrected chi connectivity index (χ1v) is 14.0. The van der Waals surface area contributed by atoms with E-state index in [-0.39, 0.29) is 11.7 Å². The number of ketones is 1. The summed E-state index contributed by atoms with van der Waals surface area (Å²) in [4.78, 5) is 25.9. The van der Waals surface area contributed by atoms with E-state index < -0.39 is 0 Å². The molecular weight excluding hydrogens is 526 g/mol. The fourth-order valence-corrected chi connectivity index (χ4v) is 5.11. The van der Waals surface area contributed by atoms with Crippen molar-refractivity contribution in [1.82, 2.24) is 9.78 Å². The van der Waals surface area contributed by atoms with Crippen LogP contribution in [0.15, 0.2) is 139 Å². The molecule has 198 valence electrons. The molecule has 0 saturated heterocycles. The van der Waals surface area contributed by atoms with Crippen molar-refractivity contribution in [1.29, 1.82) is 0 Å². The molecule has 0 saturated carbocycles. The molecule has 0 aliphatic carbocycles. The first kappa shape index (κ1) is 25.9. The van der Waals surface area contributed by atoms with Crippen LogP contribution in [0.5, 0.6) is 0 Å². The van der Waals surface area contributed by atoms with Gasteiger partial charge in [0.15, 0.2) is 5.78 Å². The molecule has 0 spiro atoms. The van der Waals surface area contributed by atoms with E-state index >= 15 is 0 Å². The van der Waals surface area contributed by atoms with Crippen molar-refractivity contribution in [3.63, 3.8) is 0 Å². The van der Waals surface area contributed by atoms with Crippen LogP contribution in [0.25, 0.3) is 34.3 Å². The summed E-state index contributed by atoms with van der Waals surface area (Å²) in [6.07, 6.45) is 3.34. The third-order valence-corrected chi connectivity index (χ3v) is 7.43. The highest BCUT2D eigenvalue weighted by molar-refractivity contribution is 7.12. The number of benzene rings is 4. The van der Waals surface area contributed by atoms with Gasteiger partial charge in [0.25, 0.3) is 5.91 Å². The van der Waals surface area contributed by atoms with Crippen molar-refractivity contribution in [2.45, 2.75) is 0 Å². The first-order chi connectivity index (χ1) is 20.1. The molecule has 6 heteroatoms. The van der Waals surface area contributed by atoms with Gasteiger partial charge in [0, 0.05) is 22.4 Å². The molecule has 6 rings (SSSR count). The molecule has 0 aliphatic heterocycles. The lowest BCUT2D eigenvalue weighted by molar-refractivity contribution is 0.102. The van der Waals surface area contributed by atoms with Crippen LogP contribution in [0.2, 0.25) is 0 Å². The van der Waals surface area contributed by atoms with Crippen molar-refractivity contribution in [3.05, 3.63) is 155 Å². The quantitative estimate of drug-likeness (QED) is 0.153. The average molecular weight is 552 g/mol. The molecule has 1 amide bonds. The van der Waals surface area contributed by atoms with Crippen LogP contribution in [-0.2, 0) is 0 Å². The van der Waals surface area contributed by atoms with E-state index in [0.717, 1.165) is 33.8 Å². The summed E-state index contributed by atoms with van der Waals surface area (Å²) in [6, 6.07) is 40.9. The van der Waals surface area contributed by atoms with Crippen molar-refractivity contribution in [2.75, 3.05) is 5.32 Å². The Labute approximate surface area is 242 Å². The third kappa shape index (κ3) is 5.98. The molecule has 2 aromatic heterocycles. The molecule has 0 aliphatic rings. The first-order valence-electron chi connectivity index (χ1n) is 13.1. The predicted molar refractivity (Wildman–Crippen MR) is 167 cm³/mol. The molecule has 4 aromatic carbocycles. The molecule has 0 radical (unpaired) electrons. The minimum absolute atomic E-state index is 0.146. The van der Waals surface area contributed by atoms with E-state index in [0.29, 0.717) is 16.1 Å². The number of thiophene rings is 1. The fraction of sp³-hybridized carbons (Fsp3) is 0. The Bertz CT molecular complexity index is 1820. The van der Waals surface area contributed by atoms with E-state index in [1.165, 1.54) is 11.3 Å². The normalized spacial score (nSPS) is 11.0. The van der Waals surface area contributed by atoms with Crippen LogP contribution >= 0.6 is 11.3 Å². The van der Waals surface area contributed by atoms with E-state index in [1.54, 1.807) is 42.5 Å². The monoisotopic (exact) mass is 551 g/mol. The lowest BCUT2D eigenvalue weighted by Gasteiger charge is -2.08. The number of rotatable bonds is 8. The highest BCUT2D eigenvalue weighted by Gasteiger charge is 2.13. The van der Waals surface area contributed by atoms with Gasteiger partial charge < -0.3 is 5.32 Å². The zero-order valence-electron chi connectivity index (χ0n) is 22.0. The molecule has 6 aromatic rings. The van der Waals surface area contributed by atoms with Crippen molar-refractivity contribution >= 4 is 34.8 Å². The molecule has 41 heavy (non-hydrogen) atoms. The highest BCUT2D eigenvalue weighted by Crippen LogP contribution is 2.29. The van der Waals surface area contributed by atoms with Crippen molar-refractivity contribution < 1.29 is 9.59 Å². The number of anilines is 1. The number of nitrogens with zero attached hydrogens (tertiary/aromatic N) is 2. The van der Waals surface area contributed by atoms with Gasteiger partial charge in [0.1, 0.15) is 0 Å². The second-order valence-electron chi connectivity index (χ2n) is 9.36. The van der Waals surface area contributed by atoms with E-state index in [9.17, 15) is 9.59 Å². The third-order valence-electron chi connectivity index (χ3n) is 6.56. The minimum Gasteiger partial charge on any atom is -0.321 e. The second kappa shape index (κ2) is 11.8. The number of hydrogen-bond donors (Lipinski definition) is 1. The average Bonchev–Trinajstić information content (AvgIpc) is 3.73. The van der Waals surface area contributed by atoms with Crippen molar-refractivity contribution in [2.24, 2.45) is 0 Å². The predicted octanol–water partition coefficient (Wildman–Crippen LogP) is 8.42. The number of nitrogens with one attached hydrogen (secondary N) is 1. The van der Waals surface area contributed by atoms with Crippen LogP contribution < -0.4 is 5.32 Å². The van der Waals surface area contributed by atoms with Crippen LogP contribution in [0.1, 0.15) is 25.6 Å². The molecule has 0 unspecified atom stereocenters. The van der Waals surface area contributed by atoms with Gasteiger partial charge in [-0.2, -0.15) is 5.10 Å². The zero-order chi connectivity index (χ0) is 28.0. The number of carbonyl (C=O) groups is 2. The minimum atomic E-state index is -0.191. The molecule has 5 nitrogen and oxygen atoms in total. The summed E-state index contributed by atoms with van der Waals surface area (Å²) in [7, 11) is 0. The Morgan fingerprint density at radius 1 is 0.732 bits per heavy atom. The topological polar surface area (TPSA) is 64.0 Å². The number of hydrogen-bond acceptors (Lipinski definition) is 4.